The molecule has 0 saturated heterocycles. The molecule has 2 aliphatic rings. The molecule has 114 valence electrons. The molecule has 1 atom stereocenters. The Labute approximate surface area is 128 Å². The fraction of sp³-hybridized carbons (Fsp3) is 0.333. The van der Waals surface area contributed by atoms with Gasteiger partial charge in [-0.05, 0) is 53.9 Å². The minimum atomic E-state index is -0.507. The molecular formula is C18H18F2N2. The highest BCUT2D eigenvalue weighted by molar-refractivity contribution is 5.62. The van der Waals surface area contributed by atoms with Gasteiger partial charge in [-0.3, -0.25) is 0 Å². The Hall–Kier alpha value is -1.94. The van der Waals surface area contributed by atoms with E-state index < -0.39 is 11.6 Å². The molecule has 0 unspecified atom stereocenters. The third-order valence-corrected chi connectivity index (χ3v) is 4.74. The summed E-state index contributed by atoms with van der Waals surface area (Å²) < 4.78 is 27.2. The molecule has 0 fully saturated rings. The summed E-state index contributed by atoms with van der Waals surface area (Å²) in [5.41, 5.74) is 5.83. The van der Waals surface area contributed by atoms with Gasteiger partial charge in [0.15, 0.2) is 0 Å². The van der Waals surface area contributed by atoms with E-state index in [0.29, 0.717) is 0 Å². The smallest absolute Gasteiger partial charge is 0.126 e. The van der Waals surface area contributed by atoms with Crippen LogP contribution in [0.25, 0.3) is 0 Å². The van der Waals surface area contributed by atoms with Crippen LogP contribution in [-0.4, -0.2) is 25.0 Å². The first kappa shape index (κ1) is 13.7. The number of fused-ring (bicyclic) bond motifs is 3. The number of anilines is 1. The van der Waals surface area contributed by atoms with E-state index in [4.69, 9.17) is 0 Å². The van der Waals surface area contributed by atoms with Crippen molar-refractivity contribution in [1.29, 1.82) is 0 Å². The van der Waals surface area contributed by atoms with Crippen LogP contribution in [0.2, 0.25) is 0 Å². The average molecular weight is 300 g/mol. The lowest BCUT2D eigenvalue weighted by Crippen LogP contribution is -2.31. The zero-order valence-corrected chi connectivity index (χ0v) is 12.5. The van der Waals surface area contributed by atoms with E-state index in [9.17, 15) is 8.78 Å². The van der Waals surface area contributed by atoms with Crippen molar-refractivity contribution in [3.8, 4) is 0 Å². The van der Waals surface area contributed by atoms with Gasteiger partial charge in [0.05, 0.1) is 0 Å². The fourth-order valence-corrected chi connectivity index (χ4v) is 3.80. The van der Waals surface area contributed by atoms with Gasteiger partial charge in [0, 0.05) is 37.3 Å². The molecule has 2 heterocycles. The van der Waals surface area contributed by atoms with E-state index in [-0.39, 0.29) is 5.92 Å². The molecule has 0 saturated carbocycles. The average Bonchev–Trinajstić information content (AvgIpc) is 2.94. The first-order valence-corrected chi connectivity index (χ1v) is 7.65. The third-order valence-electron chi connectivity index (χ3n) is 4.74. The van der Waals surface area contributed by atoms with Crippen molar-refractivity contribution in [3.05, 3.63) is 64.2 Å². The van der Waals surface area contributed by atoms with Crippen molar-refractivity contribution in [1.82, 2.24) is 4.90 Å². The van der Waals surface area contributed by atoms with Gasteiger partial charge in [-0.25, -0.2) is 8.78 Å². The molecule has 2 aromatic rings. The van der Waals surface area contributed by atoms with Crippen LogP contribution < -0.4 is 5.32 Å². The second kappa shape index (κ2) is 5.06. The maximum absolute atomic E-state index is 13.6. The highest BCUT2D eigenvalue weighted by Crippen LogP contribution is 2.39. The van der Waals surface area contributed by atoms with Crippen LogP contribution in [0.3, 0.4) is 0 Å². The predicted molar refractivity (Wildman–Crippen MR) is 83.2 cm³/mol. The van der Waals surface area contributed by atoms with E-state index in [1.807, 2.05) is 0 Å². The number of nitrogens with zero attached hydrogens (tertiary/aromatic N) is 1. The Morgan fingerprint density at radius 3 is 2.64 bits per heavy atom. The summed E-state index contributed by atoms with van der Waals surface area (Å²) in [5, 5.41) is 3.40. The molecule has 1 N–H and O–H groups in total. The topological polar surface area (TPSA) is 15.3 Å². The van der Waals surface area contributed by atoms with Crippen molar-refractivity contribution in [2.75, 3.05) is 25.5 Å². The second-order valence-electron chi connectivity index (χ2n) is 6.29. The number of nitrogens with one attached hydrogen (secondary N) is 1. The van der Waals surface area contributed by atoms with Crippen LogP contribution in [-0.2, 0) is 13.0 Å². The summed E-state index contributed by atoms with van der Waals surface area (Å²) >= 11 is 0. The van der Waals surface area contributed by atoms with Crippen molar-refractivity contribution in [3.63, 3.8) is 0 Å². The molecule has 0 radical (unpaired) electrons. The van der Waals surface area contributed by atoms with Gasteiger partial charge >= 0.3 is 0 Å². The Morgan fingerprint density at radius 2 is 1.86 bits per heavy atom. The summed E-state index contributed by atoms with van der Waals surface area (Å²) in [6, 6.07) is 8.08. The molecule has 2 aliphatic heterocycles. The van der Waals surface area contributed by atoms with Gasteiger partial charge in [-0.15, -0.1) is 0 Å². The van der Waals surface area contributed by atoms with Gasteiger partial charge < -0.3 is 10.2 Å². The van der Waals surface area contributed by atoms with Crippen LogP contribution in [0.1, 0.15) is 28.2 Å². The third kappa shape index (κ3) is 2.18. The van der Waals surface area contributed by atoms with Crippen LogP contribution in [0.5, 0.6) is 0 Å². The Bertz CT molecular complexity index is 722. The largest absolute Gasteiger partial charge is 0.384 e. The zero-order valence-electron chi connectivity index (χ0n) is 12.5. The van der Waals surface area contributed by atoms with Crippen molar-refractivity contribution in [2.45, 2.75) is 18.9 Å². The molecule has 0 amide bonds. The standard InChI is InChI=1S/C18H18F2N2/c1-22-9-16(11-6-12(19)8-13(20)7-11)14-2-3-18-15(4-5-21-18)17(14)10-22/h2-3,6-8,16,21H,4-5,9-10H2,1H3/t16-/m1/s1. The summed E-state index contributed by atoms with van der Waals surface area (Å²) in [6.45, 7) is 2.64. The lowest BCUT2D eigenvalue weighted by Gasteiger charge is -2.34. The van der Waals surface area contributed by atoms with Gasteiger partial charge in [0.1, 0.15) is 11.6 Å². The van der Waals surface area contributed by atoms with Gasteiger partial charge in [-0.1, -0.05) is 6.07 Å². The summed E-state index contributed by atoms with van der Waals surface area (Å²) in [6.07, 6.45) is 1.02. The maximum atomic E-state index is 13.6. The van der Waals surface area contributed by atoms with Crippen molar-refractivity contribution < 1.29 is 8.78 Å². The Balaban J connectivity index is 1.86. The number of hydrogen-bond donors (Lipinski definition) is 1. The SMILES string of the molecule is CN1Cc2c(ccc3c2CCN3)[C@@H](c2cc(F)cc(F)c2)C1. The minimum Gasteiger partial charge on any atom is -0.384 e. The zero-order chi connectivity index (χ0) is 15.3. The summed E-state index contributed by atoms with van der Waals surface area (Å²) in [4.78, 5) is 2.23. The molecule has 2 nitrogen and oxygen atoms in total. The summed E-state index contributed by atoms with van der Waals surface area (Å²) in [5.74, 6) is -0.995. The fourth-order valence-electron chi connectivity index (χ4n) is 3.80. The van der Waals surface area contributed by atoms with Crippen molar-refractivity contribution in [2.24, 2.45) is 0 Å². The normalized spacial score (nSPS) is 20.4. The Kier molecular flexibility index (Phi) is 3.15. The number of rotatable bonds is 1. The van der Waals surface area contributed by atoms with E-state index >= 15 is 0 Å². The molecule has 0 aromatic heterocycles. The second-order valence-corrected chi connectivity index (χ2v) is 6.29. The molecule has 0 bridgehead atoms. The molecule has 2 aromatic carbocycles. The molecule has 4 rings (SSSR count). The Morgan fingerprint density at radius 1 is 1.09 bits per heavy atom. The lowest BCUT2D eigenvalue weighted by atomic mass is 9.82. The quantitative estimate of drug-likeness (QED) is 0.867. The number of likely N-dealkylation sites (N-methyl/N-ethyl adjacent to an activating group) is 1. The molecule has 22 heavy (non-hydrogen) atoms. The van der Waals surface area contributed by atoms with Crippen LogP contribution in [0, 0.1) is 11.6 Å². The van der Waals surface area contributed by atoms with E-state index in [2.05, 4.69) is 29.4 Å². The van der Waals surface area contributed by atoms with Crippen molar-refractivity contribution >= 4 is 5.69 Å². The van der Waals surface area contributed by atoms with Gasteiger partial charge in [0.25, 0.3) is 0 Å². The van der Waals surface area contributed by atoms with E-state index in [1.54, 1.807) is 0 Å². The maximum Gasteiger partial charge on any atom is 0.126 e. The molecule has 0 spiro atoms. The first-order chi connectivity index (χ1) is 10.6. The van der Waals surface area contributed by atoms with E-state index in [0.717, 1.165) is 37.7 Å². The molecular weight excluding hydrogens is 282 g/mol. The monoisotopic (exact) mass is 300 g/mol. The molecule has 0 aliphatic carbocycles. The summed E-state index contributed by atoms with van der Waals surface area (Å²) in [7, 11) is 2.06. The van der Waals surface area contributed by atoms with Crippen LogP contribution >= 0.6 is 0 Å². The number of benzene rings is 2. The minimum absolute atomic E-state index is 0.0184. The van der Waals surface area contributed by atoms with E-state index in [1.165, 1.54) is 34.5 Å². The molecule has 4 heteroatoms. The van der Waals surface area contributed by atoms with Gasteiger partial charge in [-0.2, -0.15) is 0 Å². The van der Waals surface area contributed by atoms with Crippen LogP contribution in [0.15, 0.2) is 30.3 Å². The first-order valence-electron chi connectivity index (χ1n) is 7.65. The highest BCUT2D eigenvalue weighted by atomic mass is 19.1. The van der Waals surface area contributed by atoms with Crippen LogP contribution in [0.4, 0.5) is 14.5 Å². The van der Waals surface area contributed by atoms with Gasteiger partial charge in [0.2, 0.25) is 0 Å². The predicted octanol–water partition coefficient (Wildman–Crippen LogP) is 3.51. The highest BCUT2D eigenvalue weighted by Gasteiger charge is 2.29. The lowest BCUT2D eigenvalue weighted by molar-refractivity contribution is 0.294. The number of hydrogen-bond acceptors (Lipinski definition) is 2. The number of halogens is 2.